The molecule has 1 aliphatic heterocycles. The number of H-pyrrole nitrogens is 2. The lowest BCUT2D eigenvalue weighted by atomic mass is 10.0. The summed E-state index contributed by atoms with van der Waals surface area (Å²) < 4.78 is 0. The number of aromatic nitrogens is 3. The maximum absolute atomic E-state index is 15.0. The summed E-state index contributed by atoms with van der Waals surface area (Å²) in [5.74, 6) is -9.11. The van der Waals surface area contributed by atoms with Crippen molar-refractivity contribution in [2.75, 3.05) is 32.7 Å². The molecule has 0 spiro atoms. The number of amides is 12. The highest BCUT2D eigenvalue weighted by Gasteiger charge is 2.36. The summed E-state index contributed by atoms with van der Waals surface area (Å²) in [6, 6.07) is 3.42. The maximum Gasteiger partial charge on any atom is 0.243 e. The number of carbonyl (C=O) groups excluding carboxylic acids is 12. The monoisotopic (exact) mass is 1500 g/mol. The van der Waals surface area contributed by atoms with E-state index in [1.807, 2.05) is 24.3 Å². The van der Waals surface area contributed by atoms with Crippen molar-refractivity contribution in [2.45, 2.75) is 261 Å². The second-order valence-corrected chi connectivity index (χ2v) is 27.9. The number of hydrogen-bond donors (Lipinski definition) is 18. The Balaban J connectivity index is 1.44. The number of para-hydroxylation sites is 1. The first-order chi connectivity index (χ1) is 52.1. The van der Waals surface area contributed by atoms with Crippen LogP contribution in [0, 0.1) is 0 Å². The largest absolute Gasteiger partial charge is 0.370 e. The molecular weight excluding hydrogens is 1380 g/mol. The molecule has 12 amide bonds. The fourth-order valence-electron chi connectivity index (χ4n) is 12.8. The van der Waals surface area contributed by atoms with Crippen molar-refractivity contribution < 1.29 is 57.5 Å². The first-order valence-corrected chi connectivity index (χ1v) is 38.6. The molecule has 2 aromatic carbocycles. The number of primary amides is 1. The van der Waals surface area contributed by atoms with Gasteiger partial charge in [0.1, 0.15) is 54.4 Å². The molecule has 0 unspecified atom stereocenters. The molecule has 596 valence electrons. The van der Waals surface area contributed by atoms with Crippen LogP contribution >= 0.6 is 0 Å². The van der Waals surface area contributed by atoms with Crippen LogP contribution in [-0.2, 0) is 76.8 Å². The van der Waals surface area contributed by atoms with Gasteiger partial charge in [-0.25, -0.2) is 4.98 Å². The van der Waals surface area contributed by atoms with E-state index < -0.39 is 119 Å². The molecule has 1 fully saturated rings. The Morgan fingerprint density at radius 2 is 1.18 bits per heavy atom. The van der Waals surface area contributed by atoms with Crippen molar-refractivity contribution in [2.24, 2.45) is 33.7 Å². The van der Waals surface area contributed by atoms with E-state index in [1.54, 1.807) is 36.5 Å². The molecule has 2 aromatic heterocycles. The fourth-order valence-corrected chi connectivity index (χ4v) is 12.8. The van der Waals surface area contributed by atoms with E-state index in [2.05, 4.69) is 85.4 Å². The summed E-state index contributed by atoms with van der Waals surface area (Å²) in [6.07, 6.45) is 20.0. The van der Waals surface area contributed by atoms with Crippen LogP contribution in [0.4, 0.5) is 0 Å². The van der Waals surface area contributed by atoms with Crippen LogP contribution in [0.2, 0.25) is 0 Å². The molecule has 1 aliphatic rings. The van der Waals surface area contributed by atoms with Gasteiger partial charge in [0.15, 0.2) is 5.96 Å². The second-order valence-electron chi connectivity index (χ2n) is 27.9. The summed E-state index contributed by atoms with van der Waals surface area (Å²) in [4.78, 5) is 184. The molecule has 108 heavy (non-hydrogen) atoms. The first-order valence-electron chi connectivity index (χ1n) is 38.6. The number of nitrogens with zero attached hydrogens (tertiary/aromatic N) is 2. The molecule has 1 saturated heterocycles. The molecule has 0 bridgehead atoms. The van der Waals surface area contributed by atoms with E-state index in [0.717, 1.165) is 36.6 Å². The normalized spacial score (nSPS) is 18.9. The fraction of sp³-hybridized carbons (Fsp3) is 0.605. The quantitative estimate of drug-likeness (QED) is 0.0171. The average molecular weight is 1510 g/mol. The predicted octanol–water partition coefficient (Wildman–Crippen LogP) is 1.78. The zero-order valence-electron chi connectivity index (χ0n) is 63.1. The van der Waals surface area contributed by atoms with Gasteiger partial charge in [-0.2, -0.15) is 0 Å². The van der Waals surface area contributed by atoms with Crippen LogP contribution in [0.1, 0.15) is 204 Å². The average Bonchev–Trinajstić information content (AvgIpc) is 1.66. The number of guanidine groups is 1. The topological polar surface area (TPSA) is 524 Å². The van der Waals surface area contributed by atoms with Gasteiger partial charge in [-0.1, -0.05) is 133 Å². The van der Waals surface area contributed by atoms with Gasteiger partial charge < -0.3 is 97.1 Å². The number of carbonyl (C=O) groups is 12. The zero-order valence-corrected chi connectivity index (χ0v) is 63.1. The third-order valence-electron chi connectivity index (χ3n) is 18.9. The van der Waals surface area contributed by atoms with Gasteiger partial charge in [-0.05, 0) is 114 Å². The Bertz CT molecular complexity index is 3480. The molecule has 4 aromatic rings. The van der Waals surface area contributed by atoms with E-state index >= 15 is 9.59 Å². The predicted molar refractivity (Wildman–Crippen MR) is 412 cm³/mol. The molecular formula is C76H120N20O12. The van der Waals surface area contributed by atoms with Gasteiger partial charge in [0.2, 0.25) is 70.9 Å². The molecule has 0 saturated carbocycles. The van der Waals surface area contributed by atoms with Gasteiger partial charge in [0.25, 0.3) is 0 Å². The van der Waals surface area contributed by atoms with Crippen LogP contribution in [-0.4, -0.2) is 179 Å². The molecule has 3 heterocycles. The van der Waals surface area contributed by atoms with Crippen molar-refractivity contribution in [1.82, 2.24) is 73.4 Å². The standard InChI is InChI=1S/C76H120N20O12/c1-3-4-5-6-7-8-9-10-11-12-13-14-18-35-65(98)83-41-24-22-32-57(90-72(105)61(38-40-78)94-75(108)64(88-50(2)97)46-53-48-82-49-87-53)68(101)93-60-36-37-66(99)84-42-23-21-31-56(67(79)100)89-74(107)63(45-52-47-86-55-30-20-19-29-54(52)55)96-70(103)59(34-26-43-85-76(80)81)92-73(106)62(44-51-27-16-15-17-28-51)95-69(102)58(33-25-39-77)91-71(60)104/h15-17,19-20,27-30,47-49,56-64,86H,3-14,18,21-26,31-46,77-78H2,1-2H3,(H2,79,100)(H,82,87)(H,83,98)(H,84,99)(H,88,97)(H,89,107)(H,90,105)(H,91,104)(H,92,106)(H,93,101)(H,94,108)(H,95,102)(H,96,103)(H4,80,81,85)/t56-,57-,58-,59-,60-,61-,62+,63-,64-/m0/s1. The SMILES string of the molecule is CCCCCCCCCCCCCCCC(=O)NCCCC[C@H](NC(=O)[C@H](CCN)NC(=O)[C@H](Cc1cnc[nH]1)NC(C)=O)C(=O)N[C@H]1CCC(=O)NCCCC[C@@H](C(N)=O)NC(=O)[C@H](Cc2c[nH]c3ccccc23)NC(=O)[C@H](CCCN=C(N)N)NC(=O)[C@@H](Cc2ccccc2)NC(=O)[C@H](CCCN)NC1=O. The van der Waals surface area contributed by atoms with Crippen molar-refractivity contribution >= 4 is 87.7 Å². The van der Waals surface area contributed by atoms with Crippen molar-refractivity contribution in [1.29, 1.82) is 0 Å². The van der Waals surface area contributed by atoms with Crippen molar-refractivity contribution in [3.05, 3.63) is 90.1 Å². The Morgan fingerprint density at radius 3 is 1.81 bits per heavy atom. The Hall–Kier alpha value is -9.98. The van der Waals surface area contributed by atoms with Crippen molar-refractivity contribution in [3.63, 3.8) is 0 Å². The Kier molecular flexibility index (Phi) is 41.5. The smallest absolute Gasteiger partial charge is 0.243 e. The van der Waals surface area contributed by atoms with Crippen molar-refractivity contribution in [3.8, 4) is 0 Å². The highest BCUT2D eigenvalue weighted by atomic mass is 16.2. The number of imidazole rings is 1. The van der Waals surface area contributed by atoms with Gasteiger partial charge in [0.05, 0.1) is 6.33 Å². The number of nitrogens with one attached hydrogen (secondary N) is 13. The number of rotatable bonds is 42. The summed E-state index contributed by atoms with van der Waals surface area (Å²) in [7, 11) is 0. The number of unbranched alkanes of at least 4 members (excludes halogenated alkanes) is 13. The Morgan fingerprint density at radius 1 is 0.583 bits per heavy atom. The number of fused-ring (bicyclic) bond motifs is 1. The minimum atomic E-state index is -1.60. The third-order valence-corrected chi connectivity index (χ3v) is 18.9. The van der Waals surface area contributed by atoms with E-state index in [1.165, 1.54) is 77.2 Å². The van der Waals surface area contributed by atoms with Crippen LogP contribution in [0.3, 0.4) is 0 Å². The summed E-state index contributed by atoms with van der Waals surface area (Å²) >= 11 is 0. The number of benzene rings is 2. The second kappa shape index (κ2) is 50.6. The molecule has 9 atom stereocenters. The van der Waals surface area contributed by atoms with Crippen LogP contribution in [0.25, 0.3) is 10.9 Å². The number of aliphatic imine (C=N–C) groups is 1. The molecule has 32 nitrogen and oxygen atoms in total. The van der Waals surface area contributed by atoms with E-state index in [9.17, 15) is 47.9 Å². The molecule has 5 rings (SSSR count). The number of aromatic amines is 2. The summed E-state index contributed by atoms with van der Waals surface area (Å²) in [5.41, 5.74) is 31.7. The zero-order chi connectivity index (χ0) is 78.4. The number of nitrogens with two attached hydrogens (primary N) is 5. The van der Waals surface area contributed by atoms with Gasteiger partial charge in [-0.3, -0.25) is 62.5 Å². The lowest BCUT2D eigenvalue weighted by Gasteiger charge is -2.28. The summed E-state index contributed by atoms with van der Waals surface area (Å²) in [5, 5.41) is 31.0. The highest BCUT2D eigenvalue weighted by Crippen LogP contribution is 2.21. The lowest BCUT2D eigenvalue weighted by molar-refractivity contribution is -0.136. The maximum atomic E-state index is 15.0. The van der Waals surface area contributed by atoms with Crippen LogP contribution in [0.15, 0.2) is 78.3 Å². The summed E-state index contributed by atoms with van der Waals surface area (Å²) in [6.45, 7) is 3.69. The minimum Gasteiger partial charge on any atom is -0.370 e. The molecule has 0 radical (unpaired) electrons. The van der Waals surface area contributed by atoms with Crippen LogP contribution < -0.4 is 87.2 Å². The first kappa shape index (κ1) is 88.6. The van der Waals surface area contributed by atoms with E-state index in [-0.39, 0.29) is 141 Å². The van der Waals surface area contributed by atoms with Crippen LogP contribution in [0.5, 0.6) is 0 Å². The van der Waals surface area contributed by atoms with Gasteiger partial charge in [-0.15, -0.1) is 0 Å². The molecule has 32 heteroatoms. The molecule has 0 aliphatic carbocycles. The Labute approximate surface area is 633 Å². The third kappa shape index (κ3) is 34.3. The highest BCUT2D eigenvalue weighted by molar-refractivity contribution is 5.99. The molecule has 23 N–H and O–H groups in total. The minimum absolute atomic E-state index is 0.0110. The van der Waals surface area contributed by atoms with Gasteiger partial charge >= 0.3 is 0 Å². The lowest BCUT2D eigenvalue weighted by Crippen LogP contribution is -2.61. The van der Waals surface area contributed by atoms with E-state index in [0.29, 0.717) is 29.7 Å². The van der Waals surface area contributed by atoms with Gasteiger partial charge in [0, 0.05) is 87.7 Å². The van der Waals surface area contributed by atoms with E-state index in [4.69, 9.17) is 28.7 Å². The number of hydrogen-bond acceptors (Lipinski definition) is 16.